The summed E-state index contributed by atoms with van der Waals surface area (Å²) >= 11 is 0. The first-order valence-electron chi connectivity index (χ1n) is 10.5. The number of carbonyl (C=O) groups excluding carboxylic acids is 2. The van der Waals surface area contributed by atoms with Crippen molar-refractivity contribution < 1.29 is 36.3 Å². The number of pyridine rings is 1. The quantitative estimate of drug-likeness (QED) is 0.589. The lowest BCUT2D eigenvalue weighted by molar-refractivity contribution is -0.274. The number of hydrogen-bond acceptors (Lipinski definition) is 5. The number of carbonyl (C=O) groups is 2. The number of halogens is 5. The lowest BCUT2D eigenvalue weighted by Gasteiger charge is -2.20. The van der Waals surface area contributed by atoms with E-state index >= 15 is 0 Å². The summed E-state index contributed by atoms with van der Waals surface area (Å²) in [7, 11) is 0. The van der Waals surface area contributed by atoms with Crippen molar-refractivity contribution in [1.29, 1.82) is 5.26 Å². The van der Waals surface area contributed by atoms with Gasteiger partial charge in [0.15, 0.2) is 0 Å². The van der Waals surface area contributed by atoms with Gasteiger partial charge in [0.05, 0.1) is 19.2 Å². The molecule has 1 unspecified atom stereocenters. The fourth-order valence-electron chi connectivity index (χ4n) is 3.80. The number of rotatable bonds is 7. The lowest BCUT2D eigenvalue weighted by atomic mass is 9.92. The van der Waals surface area contributed by atoms with E-state index in [0.29, 0.717) is 17.5 Å². The van der Waals surface area contributed by atoms with Gasteiger partial charge in [-0.2, -0.15) is 5.26 Å². The molecule has 0 saturated carbocycles. The van der Waals surface area contributed by atoms with E-state index in [4.69, 9.17) is 5.26 Å². The largest absolute Gasteiger partial charge is 0.573 e. The van der Waals surface area contributed by atoms with E-state index in [1.165, 1.54) is 42.7 Å². The molecular formula is C23H21F5N4O3. The van der Waals surface area contributed by atoms with Crippen LogP contribution in [0.15, 0.2) is 42.7 Å². The average Bonchev–Trinajstić information content (AvgIpc) is 3.11. The van der Waals surface area contributed by atoms with Gasteiger partial charge >= 0.3 is 6.36 Å². The molecule has 1 saturated heterocycles. The summed E-state index contributed by atoms with van der Waals surface area (Å²) in [6.45, 7) is 0.364. The first kappa shape index (κ1) is 25.9. The Balaban J connectivity index is 1.64. The first-order valence-corrected chi connectivity index (χ1v) is 10.5. The third kappa shape index (κ3) is 6.88. The lowest BCUT2D eigenvalue weighted by Crippen LogP contribution is -2.43. The van der Waals surface area contributed by atoms with Gasteiger partial charge < -0.3 is 15.0 Å². The van der Waals surface area contributed by atoms with Crippen LogP contribution in [0.3, 0.4) is 0 Å². The van der Waals surface area contributed by atoms with E-state index in [1.54, 1.807) is 6.07 Å². The van der Waals surface area contributed by atoms with Crippen LogP contribution in [-0.4, -0.2) is 53.1 Å². The normalized spacial score (nSPS) is 18.0. The molecule has 1 aromatic carbocycles. The molecule has 35 heavy (non-hydrogen) atoms. The van der Waals surface area contributed by atoms with Crippen LogP contribution in [0.5, 0.6) is 5.75 Å². The number of benzene rings is 1. The van der Waals surface area contributed by atoms with Gasteiger partial charge in [-0.25, -0.2) is 8.78 Å². The summed E-state index contributed by atoms with van der Waals surface area (Å²) < 4.78 is 68.0. The van der Waals surface area contributed by atoms with Gasteiger partial charge in [0.1, 0.15) is 11.8 Å². The minimum atomic E-state index is -4.79. The van der Waals surface area contributed by atoms with E-state index in [2.05, 4.69) is 15.0 Å². The molecule has 2 atom stereocenters. The molecule has 0 spiro atoms. The predicted octanol–water partition coefficient (Wildman–Crippen LogP) is 3.82. The highest BCUT2D eigenvalue weighted by Gasteiger charge is 2.47. The summed E-state index contributed by atoms with van der Waals surface area (Å²) in [5.74, 6) is -5.15. The fourth-order valence-corrected chi connectivity index (χ4v) is 3.80. The Morgan fingerprint density at radius 2 is 1.97 bits per heavy atom. The molecule has 1 N–H and O–H groups in total. The zero-order valence-electron chi connectivity index (χ0n) is 18.5. The van der Waals surface area contributed by atoms with Crippen molar-refractivity contribution in [1.82, 2.24) is 15.2 Å². The molecule has 1 aliphatic heterocycles. The molecule has 0 aliphatic carbocycles. The number of nitrogens with zero attached hydrogens (tertiary/aromatic N) is 3. The maximum Gasteiger partial charge on any atom is 0.573 e. The average molecular weight is 496 g/mol. The number of likely N-dealkylation sites (tertiary alicyclic amines) is 1. The van der Waals surface area contributed by atoms with Crippen molar-refractivity contribution in [2.24, 2.45) is 0 Å². The van der Waals surface area contributed by atoms with Crippen molar-refractivity contribution in [3.05, 3.63) is 59.4 Å². The van der Waals surface area contributed by atoms with Crippen molar-refractivity contribution in [2.45, 2.75) is 44.0 Å². The Labute approximate surface area is 197 Å². The summed E-state index contributed by atoms with van der Waals surface area (Å²) in [6.07, 6.45) is -2.41. The van der Waals surface area contributed by atoms with E-state index < -0.39 is 49.7 Å². The number of nitrogens with one attached hydrogen (secondary N) is 1. The molecule has 2 amide bonds. The van der Waals surface area contributed by atoms with E-state index in [-0.39, 0.29) is 17.2 Å². The van der Waals surface area contributed by atoms with E-state index in [9.17, 15) is 31.5 Å². The molecule has 3 rings (SSSR count). The molecule has 12 heteroatoms. The second kappa shape index (κ2) is 10.2. The van der Waals surface area contributed by atoms with Crippen molar-refractivity contribution in [3.8, 4) is 11.8 Å². The minimum absolute atomic E-state index is 0.209. The van der Waals surface area contributed by atoms with Crippen molar-refractivity contribution in [2.75, 3.05) is 13.1 Å². The van der Waals surface area contributed by atoms with Crippen LogP contribution in [-0.2, 0) is 11.2 Å². The molecule has 0 radical (unpaired) electrons. The number of aromatic nitrogens is 1. The SMILES string of the molecule is CC(Cc1cnccc1C(=O)NCC(=O)N1CC(F)(F)C[C@H]1C#N)c1ccc(OC(F)(F)F)cc1. The third-order valence-electron chi connectivity index (χ3n) is 5.50. The number of nitriles is 1. The summed E-state index contributed by atoms with van der Waals surface area (Å²) in [5, 5.41) is 11.4. The molecular weight excluding hydrogens is 475 g/mol. The van der Waals surface area contributed by atoms with Crippen LogP contribution < -0.4 is 10.1 Å². The molecule has 1 fully saturated rings. The van der Waals surface area contributed by atoms with Crippen molar-refractivity contribution in [3.63, 3.8) is 0 Å². The van der Waals surface area contributed by atoms with Gasteiger partial charge in [-0.05, 0) is 41.7 Å². The summed E-state index contributed by atoms with van der Waals surface area (Å²) in [6, 6.07) is 7.20. The summed E-state index contributed by atoms with van der Waals surface area (Å²) in [5.41, 5.74) is 1.42. The standard InChI is InChI=1S/C23H21F5N4O3/c1-14(15-2-4-18(5-3-15)35-23(26,27)28)8-16-11-30-7-6-19(16)21(34)31-12-20(33)32-13-22(24,25)9-17(32)10-29/h2-7,11,14,17H,8-9,12-13H2,1H3,(H,31,34)/t14?,17-/m0/s1. The van der Waals surface area contributed by atoms with E-state index in [1.807, 2.05) is 6.92 Å². The highest BCUT2D eigenvalue weighted by molar-refractivity contribution is 5.97. The van der Waals surface area contributed by atoms with E-state index in [0.717, 1.165) is 4.90 Å². The highest BCUT2D eigenvalue weighted by Crippen LogP contribution is 2.31. The van der Waals surface area contributed by atoms with Crippen LogP contribution in [0.4, 0.5) is 22.0 Å². The van der Waals surface area contributed by atoms with Crippen LogP contribution in [0.2, 0.25) is 0 Å². The number of amides is 2. The van der Waals surface area contributed by atoms with Gasteiger partial charge in [0.2, 0.25) is 5.91 Å². The second-order valence-electron chi connectivity index (χ2n) is 8.16. The first-order chi connectivity index (χ1) is 16.4. The maximum absolute atomic E-state index is 13.6. The molecule has 7 nitrogen and oxygen atoms in total. The van der Waals surface area contributed by atoms with Gasteiger partial charge in [-0.3, -0.25) is 14.6 Å². The smallest absolute Gasteiger partial charge is 0.406 e. The summed E-state index contributed by atoms with van der Waals surface area (Å²) in [4.78, 5) is 29.8. The Morgan fingerprint density at radius 1 is 1.29 bits per heavy atom. The van der Waals surface area contributed by atoms with Crippen LogP contribution in [0, 0.1) is 11.3 Å². The Bertz CT molecular complexity index is 1120. The minimum Gasteiger partial charge on any atom is -0.406 e. The Hall–Kier alpha value is -3.75. The molecule has 0 bridgehead atoms. The van der Waals surface area contributed by atoms with Crippen LogP contribution >= 0.6 is 0 Å². The predicted molar refractivity (Wildman–Crippen MR) is 112 cm³/mol. The zero-order chi connectivity index (χ0) is 25.8. The second-order valence-corrected chi connectivity index (χ2v) is 8.16. The number of hydrogen-bond donors (Lipinski definition) is 1. The Morgan fingerprint density at radius 3 is 2.60 bits per heavy atom. The van der Waals surface area contributed by atoms with Crippen LogP contribution in [0.25, 0.3) is 0 Å². The van der Waals surface area contributed by atoms with Crippen LogP contribution in [0.1, 0.15) is 40.7 Å². The zero-order valence-corrected chi connectivity index (χ0v) is 18.5. The third-order valence-corrected chi connectivity index (χ3v) is 5.50. The monoisotopic (exact) mass is 496 g/mol. The molecule has 1 aliphatic rings. The molecule has 2 aromatic rings. The van der Waals surface area contributed by atoms with Gasteiger partial charge in [-0.1, -0.05) is 19.1 Å². The Kier molecular flexibility index (Phi) is 7.57. The molecule has 2 heterocycles. The highest BCUT2D eigenvalue weighted by atomic mass is 19.4. The molecule has 186 valence electrons. The number of ether oxygens (including phenoxy) is 1. The molecule has 1 aromatic heterocycles. The van der Waals surface area contributed by atoms with Gasteiger partial charge in [-0.15, -0.1) is 13.2 Å². The fraction of sp³-hybridized carbons (Fsp3) is 0.391. The maximum atomic E-state index is 13.6. The van der Waals surface area contributed by atoms with Crippen molar-refractivity contribution >= 4 is 11.8 Å². The van der Waals surface area contributed by atoms with Gasteiger partial charge in [0.25, 0.3) is 11.8 Å². The van der Waals surface area contributed by atoms with Gasteiger partial charge in [0, 0.05) is 24.4 Å². The topological polar surface area (TPSA) is 95.3 Å². The number of alkyl halides is 5.